The van der Waals surface area contributed by atoms with Crippen LogP contribution < -0.4 is 11.1 Å². The third-order valence-electron chi connectivity index (χ3n) is 4.14. The first-order valence-electron chi connectivity index (χ1n) is 8.10. The number of fused-ring (bicyclic) bond motifs is 3. The van der Waals surface area contributed by atoms with Gasteiger partial charge in [0.15, 0.2) is 5.82 Å². The van der Waals surface area contributed by atoms with Gasteiger partial charge in [0.1, 0.15) is 12.1 Å². The van der Waals surface area contributed by atoms with Crippen LogP contribution in [-0.4, -0.2) is 49.1 Å². The van der Waals surface area contributed by atoms with E-state index >= 15 is 0 Å². The van der Waals surface area contributed by atoms with Gasteiger partial charge in [-0.25, -0.2) is 4.98 Å². The summed E-state index contributed by atoms with van der Waals surface area (Å²) in [5.41, 5.74) is 9.27. The zero-order chi connectivity index (χ0) is 18.1. The summed E-state index contributed by atoms with van der Waals surface area (Å²) in [6, 6.07) is 7.80. The number of aliphatic hydroxyl groups is 1. The molecule has 0 radical (unpaired) electrons. The molecule has 26 heavy (non-hydrogen) atoms. The topological polar surface area (TPSA) is 135 Å². The minimum atomic E-state index is -0.527. The van der Waals surface area contributed by atoms with Crippen molar-refractivity contribution in [2.24, 2.45) is 0 Å². The summed E-state index contributed by atoms with van der Waals surface area (Å²) in [5.74, 6) is -0.0657. The molecule has 3 heterocycles. The van der Waals surface area contributed by atoms with Crippen molar-refractivity contribution in [3.8, 4) is 11.3 Å². The molecule has 0 unspecified atom stereocenters. The SMILES string of the molecule is Nc1nc2cc(-c3cc[nH]n3)ccc2c2cn(CCNC(=O)CO)nc12. The number of benzene rings is 1. The maximum absolute atomic E-state index is 11.1. The number of aliphatic hydroxyl groups excluding tert-OH is 1. The number of aromatic amines is 1. The highest BCUT2D eigenvalue weighted by atomic mass is 16.3. The first-order valence-corrected chi connectivity index (χ1v) is 8.10. The summed E-state index contributed by atoms with van der Waals surface area (Å²) in [6.45, 7) is 0.301. The standard InChI is InChI=1S/C17H17N7O2/c18-17-16-12(8-24(23-16)6-5-19-15(26)9-25)11-2-1-10(7-14(11)21-17)13-3-4-20-22-13/h1-4,7-8,25H,5-6,9H2,(H2,18,21)(H,19,26)(H,20,22). The van der Waals surface area contributed by atoms with Crippen molar-refractivity contribution in [2.45, 2.75) is 6.54 Å². The fourth-order valence-corrected chi connectivity index (χ4v) is 2.90. The van der Waals surface area contributed by atoms with Crippen LogP contribution in [0.15, 0.2) is 36.7 Å². The number of anilines is 1. The largest absolute Gasteiger partial charge is 0.387 e. The lowest BCUT2D eigenvalue weighted by Crippen LogP contribution is -2.29. The monoisotopic (exact) mass is 351 g/mol. The first-order chi connectivity index (χ1) is 12.7. The average molecular weight is 351 g/mol. The Bertz CT molecular complexity index is 1090. The molecule has 1 aromatic carbocycles. The van der Waals surface area contributed by atoms with Gasteiger partial charge < -0.3 is 16.2 Å². The van der Waals surface area contributed by atoms with E-state index in [1.807, 2.05) is 30.5 Å². The summed E-state index contributed by atoms with van der Waals surface area (Å²) < 4.78 is 1.71. The number of pyridine rings is 1. The van der Waals surface area contributed by atoms with Crippen LogP contribution in [-0.2, 0) is 11.3 Å². The van der Waals surface area contributed by atoms with Crippen LogP contribution in [0.25, 0.3) is 33.1 Å². The third-order valence-corrected chi connectivity index (χ3v) is 4.14. The second-order valence-electron chi connectivity index (χ2n) is 5.85. The molecule has 1 amide bonds. The van der Waals surface area contributed by atoms with E-state index in [-0.39, 0.29) is 0 Å². The molecule has 5 N–H and O–H groups in total. The Morgan fingerprint density at radius 3 is 2.96 bits per heavy atom. The van der Waals surface area contributed by atoms with Gasteiger partial charge in [0, 0.05) is 35.3 Å². The van der Waals surface area contributed by atoms with E-state index in [1.165, 1.54) is 0 Å². The molecule has 132 valence electrons. The maximum atomic E-state index is 11.1. The normalized spacial score (nSPS) is 11.3. The molecule has 9 heteroatoms. The number of aromatic nitrogens is 5. The highest BCUT2D eigenvalue weighted by Gasteiger charge is 2.12. The van der Waals surface area contributed by atoms with Crippen molar-refractivity contribution in [3.63, 3.8) is 0 Å². The number of carbonyl (C=O) groups excluding carboxylic acids is 1. The Labute approximate surface area is 147 Å². The Hall–Kier alpha value is -3.46. The van der Waals surface area contributed by atoms with Crippen LogP contribution in [0.1, 0.15) is 0 Å². The molecule has 0 aliphatic rings. The van der Waals surface area contributed by atoms with Crippen LogP contribution in [0, 0.1) is 0 Å². The second-order valence-corrected chi connectivity index (χ2v) is 5.85. The van der Waals surface area contributed by atoms with Gasteiger partial charge in [-0.1, -0.05) is 12.1 Å². The van der Waals surface area contributed by atoms with Gasteiger partial charge in [0.2, 0.25) is 5.91 Å². The number of nitrogens with one attached hydrogen (secondary N) is 2. The Morgan fingerprint density at radius 1 is 1.31 bits per heavy atom. The minimum absolute atomic E-state index is 0.352. The number of nitrogens with zero attached hydrogens (tertiary/aromatic N) is 4. The van der Waals surface area contributed by atoms with Crippen LogP contribution in [0.5, 0.6) is 0 Å². The fourth-order valence-electron chi connectivity index (χ4n) is 2.90. The molecule has 0 saturated heterocycles. The maximum Gasteiger partial charge on any atom is 0.245 e. The first kappa shape index (κ1) is 16.0. The molecule has 4 aromatic rings. The van der Waals surface area contributed by atoms with E-state index < -0.39 is 12.5 Å². The average Bonchev–Trinajstić information content (AvgIpc) is 3.31. The number of carbonyl (C=O) groups is 1. The van der Waals surface area contributed by atoms with Crippen molar-refractivity contribution in [1.82, 2.24) is 30.3 Å². The molecule has 0 aliphatic heterocycles. The molecule has 0 atom stereocenters. The lowest BCUT2D eigenvalue weighted by molar-refractivity contribution is -0.123. The molecular formula is C17H17N7O2. The molecule has 0 saturated carbocycles. The number of nitrogen functional groups attached to an aromatic ring is 1. The summed E-state index contributed by atoms with van der Waals surface area (Å²) in [6.07, 6.45) is 3.65. The number of rotatable bonds is 5. The minimum Gasteiger partial charge on any atom is -0.387 e. The number of H-pyrrole nitrogens is 1. The number of hydrogen-bond acceptors (Lipinski definition) is 6. The predicted octanol–water partition coefficient (Wildman–Crippen LogP) is 0.665. The molecule has 0 bridgehead atoms. The van der Waals surface area contributed by atoms with E-state index in [0.717, 1.165) is 27.5 Å². The number of amides is 1. The van der Waals surface area contributed by atoms with Crippen LogP contribution >= 0.6 is 0 Å². The molecule has 0 aliphatic carbocycles. The Kier molecular flexibility index (Phi) is 3.98. The Morgan fingerprint density at radius 2 is 2.19 bits per heavy atom. The van der Waals surface area contributed by atoms with Crippen LogP contribution in [0.3, 0.4) is 0 Å². The van der Waals surface area contributed by atoms with Gasteiger partial charge >= 0.3 is 0 Å². The summed E-state index contributed by atoms with van der Waals surface area (Å²) >= 11 is 0. The molecular weight excluding hydrogens is 334 g/mol. The third kappa shape index (κ3) is 2.84. The van der Waals surface area contributed by atoms with Gasteiger partial charge in [-0.3, -0.25) is 14.6 Å². The van der Waals surface area contributed by atoms with Crippen LogP contribution in [0.4, 0.5) is 5.82 Å². The number of hydrogen-bond donors (Lipinski definition) is 4. The van der Waals surface area contributed by atoms with E-state index in [9.17, 15) is 4.79 Å². The molecule has 0 spiro atoms. The zero-order valence-corrected chi connectivity index (χ0v) is 13.8. The van der Waals surface area contributed by atoms with Crippen molar-refractivity contribution >= 4 is 33.5 Å². The van der Waals surface area contributed by atoms with Crippen molar-refractivity contribution in [1.29, 1.82) is 0 Å². The number of nitrogens with two attached hydrogens (primary N) is 1. The fraction of sp³-hybridized carbons (Fsp3) is 0.176. The van der Waals surface area contributed by atoms with Gasteiger partial charge in [-0.2, -0.15) is 10.2 Å². The van der Waals surface area contributed by atoms with E-state index in [2.05, 4.69) is 25.6 Å². The van der Waals surface area contributed by atoms with Gasteiger partial charge in [0.05, 0.1) is 17.8 Å². The van der Waals surface area contributed by atoms with E-state index in [1.54, 1.807) is 10.9 Å². The smallest absolute Gasteiger partial charge is 0.245 e. The molecule has 3 aromatic heterocycles. The summed E-state index contributed by atoms with van der Waals surface area (Å²) in [7, 11) is 0. The molecule has 9 nitrogen and oxygen atoms in total. The van der Waals surface area contributed by atoms with E-state index in [0.29, 0.717) is 24.4 Å². The predicted molar refractivity (Wildman–Crippen MR) is 97.1 cm³/mol. The highest BCUT2D eigenvalue weighted by Crippen LogP contribution is 2.29. The van der Waals surface area contributed by atoms with Crippen molar-refractivity contribution < 1.29 is 9.90 Å². The quantitative estimate of drug-likeness (QED) is 0.417. The lowest BCUT2D eigenvalue weighted by atomic mass is 10.1. The van der Waals surface area contributed by atoms with Gasteiger partial charge in [0.25, 0.3) is 0 Å². The van der Waals surface area contributed by atoms with Gasteiger partial charge in [-0.05, 0) is 12.1 Å². The van der Waals surface area contributed by atoms with Crippen molar-refractivity contribution in [2.75, 3.05) is 18.9 Å². The van der Waals surface area contributed by atoms with Crippen LogP contribution in [0.2, 0.25) is 0 Å². The van der Waals surface area contributed by atoms with Crippen molar-refractivity contribution in [3.05, 3.63) is 36.7 Å². The van der Waals surface area contributed by atoms with E-state index in [4.69, 9.17) is 10.8 Å². The lowest BCUT2D eigenvalue weighted by Gasteiger charge is -2.03. The summed E-state index contributed by atoms with van der Waals surface area (Å²) in [4.78, 5) is 15.6. The van der Waals surface area contributed by atoms with Gasteiger partial charge in [-0.15, -0.1) is 0 Å². The highest BCUT2D eigenvalue weighted by molar-refractivity contribution is 6.08. The Balaban J connectivity index is 1.71. The second kappa shape index (κ2) is 6.45. The zero-order valence-electron chi connectivity index (χ0n) is 13.8. The molecule has 4 rings (SSSR count). The summed E-state index contributed by atoms with van der Waals surface area (Å²) in [5, 5.41) is 24.6. The molecule has 0 fully saturated rings.